The van der Waals surface area contributed by atoms with E-state index < -0.39 is 35.9 Å². The molecule has 1 rings (SSSR count). The number of hydrogen-bond donors (Lipinski definition) is 1. The molecule has 0 aliphatic heterocycles. The van der Waals surface area contributed by atoms with Crippen LogP contribution in [0.2, 0.25) is 0 Å². The van der Waals surface area contributed by atoms with Gasteiger partial charge in [0.25, 0.3) is 6.43 Å². The summed E-state index contributed by atoms with van der Waals surface area (Å²) >= 11 is 0. The van der Waals surface area contributed by atoms with Crippen LogP contribution in [0.4, 0.5) is 13.2 Å². The molecule has 16 heavy (non-hydrogen) atoms. The Kier molecular flexibility index (Phi) is 3.70. The fourth-order valence-electron chi connectivity index (χ4n) is 1.23. The van der Waals surface area contributed by atoms with Crippen molar-refractivity contribution < 1.29 is 27.8 Å². The van der Waals surface area contributed by atoms with Crippen LogP contribution in [0.1, 0.15) is 17.7 Å². The number of alkyl halides is 2. The lowest BCUT2D eigenvalue weighted by atomic mass is 10.1. The highest BCUT2D eigenvalue weighted by Gasteiger charge is 2.24. The van der Waals surface area contributed by atoms with Crippen molar-refractivity contribution in [1.29, 1.82) is 0 Å². The summed E-state index contributed by atoms with van der Waals surface area (Å²) in [6.45, 7) is 0. The van der Waals surface area contributed by atoms with E-state index in [-0.39, 0.29) is 5.69 Å². The molecule has 1 aromatic rings. The Morgan fingerprint density at radius 1 is 1.62 bits per heavy atom. The SMILES string of the molecule is COc1c(CC(=O)O)ncc(F)c1C(F)F. The van der Waals surface area contributed by atoms with Crippen LogP contribution in [-0.4, -0.2) is 23.2 Å². The molecular formula is C9H8F3NO3. The van der Waals surface area contributed by atoms with E-state index in [2.05, 4.69) is 9.72 Å². The number of carbonyl (C=O) groups is 1. The van der Waals surface area contributed by atoms with Gasteiger partial charge in [0, 0.05) is 0 Å². The van der Waals surface area contributed by atoms with Gasteiger partial charge in [-0.25, -0.2) is 13.2 Å². The third-order valence-corrected chi connectivity index (χ3v) is 1.84. The zero-order valence-corrected chi connectivity index (χ0v) is 8.21. The van der Waals surface area contributed by atoms with Crippen LogP contribution in [0.25, 0.3) is 0 Å². The Labute approximate surface area is 88.7 Å². The maximum Gasteiger partial charge on any atom is 0.309 e. The molecule has 1 heterocycles. The standard InChI is InChI=1S/C9H8F3NO3/c1-16-8-5(2-6(14)15)13-3-4(10)7(8)9(11)12/h3,9H,2H2,1H3,(H,14,15). The van der Waals surface area contributed by atoms with Crippen molar-refractivity contribution in [3.63, 3.8) is 0 Å². The van der Waals surface area contributed by atoms with Gasteiger partial charge in [0.05, 0.1) is 31.0 Å². The predicted octanol–water partition coefficient (Wildman–Crippen LogP) is 1.79. The number of carboxylic acids is 1. The first-order valence-corrected chi connectivity index (χ1v) is 4.18. The van der Waals surface area contributed by atoms with Gasteiger partial charge in [0.1, 0.15) is 0 Å². The number of methoxy groups -OCH3 is 1. The Morgan fingerprint density at radius 2 is 2.25 bits per heavy atom. The summed E-state index contributed by atoms with van der Waals surface area (Å²) in [5.74, 6) is -3.00. The van der Waals surface area contributed by atoms with Crippen molar-refractivity contribution in [1.82, 2.24) is 4.98 Å². The molecule has 1 N–H and O–H groups in total. The lowest BCUT2D eigenvalue weighted by molar-refractivity contribution is -0.136. The van der Waals surface area contributed by atoms with Crippen molar-refractivity contribution in [2.75, 3.05) is 7.11 Å². The Morgan fingerprint density at radius 3 is 2.69 bits per heavy atom. The lowest BCUT2D eigenvalue weighted by Crippen LogP contribution is -2.08. The van der Waals surface area contributed by atoms with Crippen LogP contribution in [0.15, 0.2) is 6.20 Å². The molecule has 0 aromatic carbocycles. The molecule has 0 saturated carbocycles. The zero-order valence-electron chi connectivity index (χ0n) is 8.21. The van der Waals surface area contributed by atoms with E-state index in [4.69, 9.17) is 5.11 Å². The van der Waals surface area contributed by atoms with Gasteiger partial charge in [-0.3, -0.25) is 9.78 Å². The second-order valence-corrected chi connectivity index (χ2v) is 2.87. The number of aromatic nitrogens is 1. The fourth-order valence-corrected chi connectivity index (χ4v) is 1.23. The molecule has 1 aromatic heterocycles. The van der Waals surface area contributed by atoms with E-state index in [1.807, 2.05) is 0 Å². The summed E-state index contributed by atoms with van der Waals surface area (Å²) in [5, 5.41) is 8.51. The summed E-state index contributed by atoms with van der Waals surface area (Å²) in [6, 6.07) is 0. The summed E-state index contributed by atoms with van der Waals surface area (Å²) in [7, 11) is 1.05. The van der Waals surface area contributed by atoms with E-state index in [1.54, 1.807) is 0 Å². The van der Waals surface area contributed by atoms with Gasteiger partial charge < -0.3 is 9.84 Å². The van der Waals surface area contributed by atoms with Gasteiger partial charge in [-0.15, -0.1) is 0 Å². The largest absolute Gasteiger partial charge is 0.494 e. The number of rotatable bonds is 4. The first-order valence-electron chi connectivity index (χ1n) is 4.18. The molecule has 7 heteroatoms. The number of nitrogens with zero attached hydrogens (tertiary/aromatic N) is 1. The molecule has 0 aliphatic carbocycles. The van der Waals surface area contributed by atoms with Gasteiger partial charge >= 0.3 is 5.97 Å². The molecule has 0 radical (unpaired) electrons. The molecule has 0 atom stereocenters. The van der Waals surface area contributed by atoms with Gasteiger partial charge in [0.15, 0.2) is 11.6 Å². The number of carboxylic acid groups (broad SMARTS) is 1. The quantitative estimate of drug-likeness (QED) is 0.864. The third kappa shape index (κ3) is 2.41. The highest BCUT2D eigenvalue weighted by molar-refractivity contribution is 5.70. The highest BCUT2D eigenvalue weighted by Crippen LogP contribution is 2.33. The Balaban J connectivity index is 3.30. The monoisotopic (exact) mass is 235 g/mol. The van der Waals surface area contributed by atoms with E-state index in [0.717, 1.165) is 7.11 Å². The van der Waals surface area contributed by atoms with Gasteiger partial charge in [0.2, 0.25) is 0 Å². The third-order valence-electron chi connectivity index (χ3n) is 1.84. The Hall–Kier alpha value is -1.79. The first-order chi connectivity index (χ1) is 7.47. The van der Waals surface area contributed by atoms with Crippen LogP contribution in [-0.2, 0) is 11.2 Å². The van der Waals surface area contributed by atoms with E-state index in [0.29, 0.717) is 6.20 Å². The maximum atomic E-state index is 13.0. The molecule has 4 nitrogen and oxygen atoms in total. The number of hydrogen-bond acceptors (Lipinski definition) is 3. The van der Waals surface area contributed by atoms with Gasteiger partial charge in [-0.1, -0.05) is 0 Å². The smallest absolute Gasteiger partial charge is 0.309 e. The molecule has 88 valence electrons. The molecule has 0 amide bonds. The summed E-state index contributed by atoms with van der Waals surface area (Å²) in [6.07, 6.45) is -3.14. The molecule has 0 unspecified atom stereocenters. The summed E-state index contributed by atoms with van der Waals surface area (Å²) in [5.41, 5.74) is -1.19. The highest BCUT2D eigenvalue weighted by atomic mass is 19.3. The molecule has 0 aliphatic rings. The molecule has 0 spiro atoms. The second kappa shape index (κ2) is 4.82. The van der Waals surface area contributed by atoms with Crippen molar-refractivity contribution in [3.05, 3.63) is 23.3 Å². The first kappa shape index (κ1) is 12.3. The van der Waals surface area contributed by atoms with Gasteiger partial charge in [-0.05, 0) is 0 Å². The van der Waals surface area contributed by atoms with E-state index in [1.165, 1.54) is 0 Å². The van der Waals surface area contributed by atoms with Crippen LogP contribution < -0.4 is 4.74 Å². The molecule has 0 saturated heterocycles. The normalized spacial score (nSPS) is 10.6. The van der Waals surface area contributed by atoms with Crippen molar-refractivity contribution >= 4 is 5.97 Å². The minimum Gasteiger partial charge on any atom is -0.494 e. The summed E-state index contributed by atoms with van der Waals surface area (Å²) in [4.78, 5) is 13.8. The zero-order chi connectivity index (χ0) is 12.3. The molecule has 0 bridgehead atoms. The van der Waals surface area contributed by atoms with Crippen molar-refractivity contribution in [2.45, 2.75) is 12.8 Å². The number of aliphatic carboxylic acids is 1. The van der Waals surface area contributed by atoms with E-state index in [9.17, 15) is 18.0 Å². The molecule has 0 fully saturated rings. The fraction of sp³-hybridized carbons (Fsp3) is 0.333. The number of halogens is 3. The average Bonchev–Trinajstić information content (AvgIpc) is 2.18. The van der Waals surface area contributed by atoms with Crippen LogP contribution >= 0.6 is 0 Å². The van der Waals surface area contributed by atoms with Gasteiger partial charge in [-0.2, -0.15) is 0 Å². The summed E-state index contributed by atoms with van der Waals surface area (Å²) < 4.78 is 42.6. The molecular weight excluding hydrogens is 227 g/mol. The maximum absolute atomic E-state index is 13.0. The van der Waals surface area contributed by atoms with Crippen molar-refractivity contribution in [3.8, 4) is 5.75 Å². The number of ether oxygens (including phenoxy) is 1. The van der Waals surface area contributed by atoms with Crippen LogP contribution in [0.3, 0.4) is 0 Å². The second-order valence-electron chi connectivity index (χ2n) is 2.87. The predicted molar refractivity (Wildman–Crippen MR) is 47.0 cm³/mol. The lowest BCUT2D eigenvalue weighted by Gasteiger charge is -2.11. The van der Waals surface area contributed by atoms with Crippen LogP contribution in [0, 0.1) is 5.82 Å². The minimum atomic E-state index is -3.09. The number of pyridine rings is 1. The van der Waals surface area contributed by atoms with Crippen LogP contribution in [0.5, 0.6) is 5.75 Å². The topological polar surface area (TPSA) is 59.4 Å². The Bertz CT molecular complexity index is 409. The van der Waals surface area contributed by atoms with Crippen molar-refractivity contribution in [2.24, 2.45) is 0 Å². The van der Waals surface area contributed by atoms with E-state index >= 15 is 0 Å². The minimum absolute atomic E-state index is 0.230. The average molecular weight is 235 g/mol.